The SMILES string of the molecule is CCOC[C@]1(CCc2ccccc2)CCN(Cc2ccc(Br)cc2)C1. The van der Waals surface area contributed by atoms with Crippen LogP contribution in [0.3, 0.4) is 0 Å². The molecule has 0 saturated carbocycles. The fraction of sp³-hybridized carbons (Fsp3) is 0.455. The van der Waals surface area contributed by atoms with Gasteiger partial charge in [0, 0.05) is 29.6 Å². The molecule has 1 fully saturated rings. The first kappa shape index (κ1) is 18.6. The van der Waals surface area contributed by atoms with Gasteiger partial charge in [0.2, 0.25) is 0 Å². The van der Waals surface area contributed by atoms with Crippen LogP contribution < -0.4 is 0 Å². The van der Waals surface area contributed by atoms with Crippen molar-refractivity contribution < 1.29 is 4.74 Å². The van der Waals surface area contributed by atoms with Crippen LogP contribution in [-0.4, -0.2) is 31.2 Å². The van der Waals surface area contributed by atoms with Gasteiger partial charge >= 0.3 is 0 Å². The fourth-order valence-electron chi connectivity index (χ4n) is 3.78. The van der Waals surface area contributed by atoms with Gasteiger partial charge in [0.05, 0.1) is 6.61 Å². The minimum absolute atomic E-state index is 0.293. The highest BCUT2D eigenvalue weighted by Crippen LogP contribution is 2.36. The molecule has 0 unspecified atom stereocenters. The molecule has 0 radical (unpaired) electrons. The molecular weight excluding hydrogens is 374 g/mol. The van der Waals surface area contributed by atoms with Gasteiger partial charge in [-0.2, -0.15) is 0 Å². The summed E-state index contributed by atoms with van der Waals surface area (Å²) in [6.07, 6.45) is 3.57. The van der Waals surface area contributed by atoms with Crippen LogP contribution in [0, 0.1) is 5.41 Å². The Morgan fingerprint density at radius 3 is 2.52 bits per heavy atom. The van der Waals surface area contributed by atoms with Crippen molar-refractivity contribution in [2.45, 2.75) is 32.7 Å². The molecule has 25 heavy (non-hydrogen) atoms. The number of hydrogen-bond donors (Lipinski definition) is 0. The second-order valence-electron chi connectivity index (χ2n) is 7.21. The highest BCUT2D eigenvalue weighted by molar-refractivity contribution is 9.10. The van der Waals surface area contributed by atoms with E-state index in [-0.39, 0.29) is 0 Å². The molecule has 0 N–H and O–H groups in total. The van der Waals surface area contributed by atoms with Gasteiger partial charge in [-0.1, -0.05) is 58.4 Å². The standard InChI is InChI=1S/C22H28BrNO/c1-2-25-18-22(13-12-19-6-4-3-5-7-19)14-15-24(17-22)16-20-8-10-21(23)11-9-20/h3-11H,2,12-18H2,1H3/t22-/m1/s1. The number of halogens is 1. The maximum atomic E-state index is 5.89. The highest BCUT2D eigenvalue weighted by atomic mass is 79.9. The van der Waals surface area contributed by atoms with Crippen LogP contribution in [0.5, 0.6) is 0 Å². The number of benzene rings is 2. The Labute approximate surface area is 160 Å². The van der Waals surface area contributed by atoms with E-state index in [1.54, 1.807) is 0 Å². The van der Waals surface area contributed by atoms with Gasteiger partial charge < -0.3 is 4.74 Å². The highest BCUT2D eigenvalue weighted by Gasteiger charge is 2.37. The third-order valence-corrected chi connectivity index (χ3v) is 5.76. The molecule has 3 rings (SSSR count). The topological polar surface area (TPSA) is 12.5 Å². The average Bonchev–Trinajstić information content (AvgIpc) is 3.04. The van der Waals surface area contributed by atoms with E-state index in [1.807, 2.05) is 0 Å². The normalized spacial score (nSPS) is 20.9. The molecule has 1 aliphatic heterocycles. The Morgan fingerprint density at radius 2 is 1.80 bits per heavy atom. The largest absolute Gasteiger partial charge is 0.381 e. The van der Waals surface area contributed by atoms with E-state index in [0.29, 0.717) is 5.41 Å². The Hall–Kier alpha value is -1.16. The third-order valence-electron chi connectivity index (χ3n) is 5.24. The average molecular weight is 402 g/mol. The van der Waals surface area contributed by atoms with Crippen molar-refractivity contribution in [1.82, 2.24) is 4.90 Å². The molecule has 1 aliphatic rings. The van der Waals surface area contributed by atoms with Crippen molar-refractivity contribution in [2.24, 2.45) is 5.41 Å². The number of aryl methyl sites for hydroxylation is 1. The Morgan fingerprint density at radius 1 is 1.04 bits per heavy atom. The molecule has 0 spiro atoms. The van der Waals surface area contributed by atoms with E-state index in [2.05, 4.69) is 82.4 Å². The van der Waals surface area contributed by atoms with E-state index >= 15 is 0 Å². The van der Waals surface area contributed by atoms with Crippen molar-refractivity contribution >= 4 is 15.9 Å². The summed E-state index contributed by atoms with van der Waals surface area (Å²) in [5.41, 5.74) is 3.12. The van der Waals surface area contributed by atoms with Gasteiger partial charge in [0.15, 0.2) is 0 Å². The van der Waals surface area contributed by atoms with E-state index in [0.717, 1.165) is 43.7 Å². The fourth-order valence-corrected chi connectivity index (χ4v) is 4.04. The zero-order valence-corrected chi connectivity index (χ0v) is 16.7. The first-order valence-electron chi connectivity index (χ1n) is 9.28. The first-order valence-corrected chi connectivity index (χ1v) is 10.1. The summed E-state index contributed by atoms with van der Waals surface area (Å²) in [5, 5.41) is 0. The number of ether oxygens (including phenoxy) is 1. The molecular formula is C22H28BrNO. The lowest BCUT2D eigenvalue weighted by Crippen LogP contribution is -2.32. The molecule has 1 saturated heterocycles. The summed E-state index contributed by atoms with van der Waals surface area (Å²) in [5.74, 6) is 0. The van der Waals surface area contributed by atoms with E-state index in [9.17, 15) is 0 Å². The summed E-state index contributed by atoms with van der Waals surface area (Å²) in [7, 11) is 0. The van der Waals surface area contributed by atoms with Crippen LogP contribution in [-0.2, 0) is 17.7 Å². The van der Waals surface area contributed by atoms with E-state index in [4.69, 9.17) is 4.74 Å². The van der Waals surface area contributed by atoms with Crippen molar-refractivity contribution in [3.63, 3.8) is 0 Å². The predicted molar refractivity (Wildman–Crippen MR) is 108 cm³/mol. The maximum Gasteiger partial charge on any atom is 0.0535 e. The lowest BCUT2D eigenvalue weighted by atomic mass is 9.82. The molecule has 1 atom stereocenters. The summed E-state index contributed by atoms with van der Waals surface area (Å²) in [6.45, 7) is 7.12. The van der Waals surface area contributed by atoms with Crippen LogP contribution >= 0.6 is 15.9 Å². The first-order chi connectivity index (χ1) is 12.2. The van der Waals surface area contributed by atoms with Crippen LogP contribution in [0.4, 0.5) is 0 Å². The molecule has 0 aliphatic carbocycles. The molecule has 3 heteroatoms. The molecule has 1 heterocycles. The number of rotatable bonds is 8. The van der Waals surface area contributed by atoms with Gasteiger partial charge in [-0.3, -0.25) is 4.90 Å². The van der Waals surface area contributed by atoms with E-state index in [1.165, 1.54) is 24.0 Å². The Bertz CT molecular complexity index is 643. The Kier molecular flexibility index (Phi) is 6.69. The number of nitrogens with zero attached hydrogens (tertiary/aromatic N) is 1. The zero-order valence-electron chi connectivity index (χ0n) is 15.1. The minimum atomic E-state index is 0.293. The van der Waals surface area contributed by atoms with Crippen LogP contribution in [0.25, 0.3) is 0 Å². The number of likely N-dealkylation sites (tertiary alicyclic amines) is 1. The quantitative estimate of drug-likeness (QED) is 0.593. The molecule has 0 amide bonds. The zero-order chi connectivity index (χ0) is 17.5. The van der Waals surface area contributed by atoms with Crippen molar-refractivity contribution in [2.75, 3.05) is 26.3 Å². The van der Waals surface area contributed by atoms with E-state index < -0.39 is 0 Å². The van der Waals surface area contributed by atoms with Gasteiger partial charge in [0.25, 0.3) is 0 Å². The Balaban J connectivity index is 1.61. The molecule has 0 bridgehead atoms. The van der Waals surface area contributed by atoms with Gasteiger partial charge in [-0.05, 0) is 56.0 Å². The van der Waals surface area contributed by atoms with Gasteiger partial charge in [-0.15, -0.1) is 0 Å². The minimum Gasteiger partial charge on any atom is -0.381 e. The van der Waals surface area contributed by atoms with Crippen LogP contribution in [0.1, 0.15) is 30.9 Å². The lowest BCUT2D eigenvalue weighted by Gasteiger charge is -2.29. The maximum absolute atomic E-state index is 5.89. The lowest BCUT2D eigenvalue weighted by molar-refractivity contribution is 0.0489. The van der Waals surface area contributed by atoms with Crippen LogP contribution in [0.2, 0.25) is 0 Å². The van der Waals surface area contributed by atoms with Gasteiger partial charge in [0.1, 0.15) is 0 Å². The smallest absolute Gasteiger partial charge is 0.0535 e. The molecule has 134 valence electrons. The molecule has 2 nitrogen and oxygen atoms in total. The number of hydrogen-bond acceptors (Lipinski definition) is 2. The second kappa shape index (κ2) is 8.98. The monoisotopic (exact) mass is 401 g/mol. The molecule has 2 aromatic carbocycles. The van der Waals surface area contributed by atoms with Crippen molar-refractivity contribution in [3.8, 4) is 0 Å². The van der Waals surface area contributed by atoms with Crippen molar-refractivity contribution in [1.29, 1.82) is 0 Å². The summed E-state index contributed by atoms with van der Waals surface area (Å²) < 4.78 is 7.04. The summed E-state index contributed by atoms with van der Waals surface area (Å²) >= 11 is 3.52. The molecule has 0 aromatic heterocycles. The van der Waals surface area contributed by atoms with Crippen LogP contribution in [0.15, 0.2) is 59.1 Å². The van der Waals surface area contributed by atoms with Gasteiger partial charge in [-0.25, -0.2) is 0 Å². The predicted octanol–water partition coefficient (Wildman–Crippen LogP) is 5.31. The second-order valence-corrected chi connectivity index (χ2v) is 8.13. The van der Waals surface area contributed by atoms with Crippen molar-refractivity contribution in [3.05, 3.63) is 70.2 Å². The third kappa shape index (κ3) is 5.40. The summed E-state index contributed by atoms with van der Waals surface area (Å²) in [6, 6.07) is 19.6. The molecule has 2 aromatic rings. The summed E-state index contributed by atoms with van der Waals surface area (Å²) in [4.78, 5) is 2.59.